The average Bonchev–Trinajstić information content (AvgIpc) is 3.27. The molecule has 0 aliphatic carbocycles. The molecule has 0 fully saturated rings. The Labute approximate surface area is 210 Å². The molecular formula is C23H15BrN4O6S. The molecule has 1 N–H and O–H groups in total. The van der Waals surface area contributed by atoms with Crippen molar-refractivity contribution in [2.75, 3.05) is 0 Å². The second kappa shape index (κ2) is 10.4. The summed E-state index contributed by atoms with van der Waals surface area (Å²) in [5.74, 6) is 0.0483. The van der Waals surface area contributed by atoms with Crippen LogP contribution in [-0.2, 0) is 6.61 Å². The van der Waals surface area contributed by atoms with E-state index in [1.54, 1.807) is 42.5 Å². The summed E-state index contributed by atoms with van der Waals surface area (Å²) in [6, 6.07) is 17.3. The number of rotatable bonds is 8. The lowest BCUT2D eigenvalue weighted by Crippen LogP contribution is -2.16. The molecule has 0 saturated carbocycles. The van der Waals surface area contributed by atoms with E-state index in [1.165, 1.54) is 41.8 Å². The van der Waals surface area contributed by atoms with Gasteiger partial charge in [-0.2, -0.15) is 5.10 Å². The molecule has 3 aromatic carbocycles. The Kier molecular flexibility index (Phi) is 7.13. The molecule has 0 aliphatic rings. The molecule has 35 heavy (non-hydrogen) atoms. The Bertz CT molecular complexity index is 1470. The van der Waals surface area contributed by atoms with Gasteiger partial charge < -0.3 is 4.74 Å². The van der Waals surface area contributed by atoms with Gasteiger partial charge in [-0.05, 0) is 48.0 Å². The monoisotopic (exact) mass is 554 g/mol. The predicted molar refractivity (Wildman–Crippen MR) is 135 cm³/mol. The van der Waals surface area contributed by atoms with Crippen LogP contribution >= 0.6 is 27.3 Å². The number of nitrogens with zero attached hydrogens (tertiary/aromatic N) is 3. The van der Waals surface area contributed by atoms with Crippen molar-refractivity contribution in [1.82, 2.24) is 5.43 Å². The van der Waals surface area contributed by atoms with Crippen molar-refractivity contribution < 1.29 is 19.4 Å². The molecule has 0 aliphatic heterocycles. The molecule has 1 amide bonds. The second-order valence-corrected chi connectivity index (χ2v) is 9.18. The molecule has 176 valence electrons. The fourth-order valence-electron chi connectivity index (χ4n) is 3.10. The highest BCUT2D eigenvalue weighted by Gasteiger charge is 2.13. The summed E-state index contributed by atoms with van der Waals surface area (Å²) in [5.41, 5.74) is 3.75. The van der Waals surface area contributed by atoms with Crippen molar-refractivity contribution in [2.45, 2.75) is 6.61 Å². The van der Waals surface area contributed by atoms with Gasteiger partial charge in [-0.1, -0.05) is 15.9 Å². The summed E-state index contributed by atoms with van der Waals surface area (Å²) < 4.78 is 7.37. The third-order valence-electron chi connectivity index (χ3n) is 4.82. The van der Waals surface area contributed by atoms with Crippen molar-refractivity contribution in [3.8, 4) is 5.75 Å². The molecule has 0 unspecified atom stereocenters. The maximum Gasteiger partial charge on any atom is 0.281 e. The van der Waals surface area contributed by atoms with Crippen molar-refractivity contribution in [3.05, 3.63) is 107 Å². The Hall–Kier alpha value is -4.16. The van der Waals surface area contributed by atoms with Gasteiger partial charge in [-0.15, -0.1) is 11.3 Å². The van der Waals surface area contributed by atoms with E-state index in [9.17, 15) is 25.0 Å². The van der Waals surface area contributed by atoms with Crippen LogP contribution in [-0.4, -0.2) is 22.0 Å². The normalized spacial score (nSPS) is 11.0. The molecule has 0 atom stereocenters. The van der Waals surface area contributed by atoms with E-state index in [-0.39, 0.29) is 18.0 Å². The number of thiophene rings is 1. The Morgan fingerprint density at radius 1 is 1.00 bits per heavy atom. The molecule has 0 bridgehead atoms. The van der Waals surface area contributed by atoms with E-state index >= 15 is 0 Å². The van der Waals surface area contributed by atoms with Gasteiger partial charge in [0.2, 0.25) is 0 Å². The number of nitro benzene ring substituents is 2. The van der Waals surface area contributed by atoms with E-state index in [0.29, 0.717) is 21.6 Å². The Balaban J connectivity index is 1.44. The van der Waals surface area contributed by atoms with Crippen molar-refractivity contribution in [2.24, 2.45) is 5.10 Å². The molecule has 10 nitrogen and oxygen atoms in total. The minimum absolute atomic E-state index is 0.00202. The summed E-state index contributed by atoms with van der Waals surface area (Å²) in [5, 5.41) is 26.4. The fourth-order valence-corrected chi connectivity index (χ4v) is 4.41. The molecule has 4 aromatic rings. The van der Waals surface area contributed by atoms with E-state index < -0.39 is 15.8 Å². The molecule has 0 saturated heterocycles. The van der Waals surface area contributed by atoms with Gasteiger partial charge in [0, 0.05) is 44.4 Å². The van der Waals surface area contributed by atoms with Crippen LogP contribution in [0.2, 0.25) is 0 Å². The number of halogens is 1. The quantitative estimate of drug-likeness (QED) is 0.165. The maximum atomic E-state index is 12.5. The standard InChI is InChI=1S/C23H15BrN4O6S/c24-17-3-7-20(34-13-14-1-4-18(5-2-14)27(30)31)16(9-17)12-25-26-23(29)22-11-15-10-19(28(32)33)6-8-21(15)35-22/h1-12H,13H2,(H,26,29)/b25-12-. The van der Waals surface area contributed by atoms with Crippen LogP contribution in [0.1, 0.15) is 20.8 Å². The smallest absolute Gasteiger partial charge is 0.281 e. The van der Waals surface area contributed by atoms with Crippen molar-refractivity contribution in [1.29, 1.82) is 0 Å². The van der Waals surface area contributed by atoms with Crippen LogP contribution in [0.25, 0.3) is 10.1 Å². The number of hydrazone groups is 1. The van der Waals surface area contributed by atoms with Gasteiger partial charge in [0.05, 0.1) is 20.9 Å². The maximum absolute atomic E-state index is 12.5. The third-order valence-corrected chi connectivity index (χ3v) is 6.43. The number of fused-ring (bicyclic) bond motifs is 1. The van der Waals surface area contributed by atoms with Gasteiger partial charge in [0.25, 0.3) is 17.3 Å². The van der Waals surface area contributed by atoms with Gasteiger partial charge in [-0.3, -0.25) is 25.0 Å². The molecule has 1 aromatic heterocycles. The van der Waals surface area contributed by atoms with Crippen LogP contribution in [0.5, 0.6) is 5.75 Å². The number of carbonyl (C=O) groups excluding carboxylic acids is 1. The van der Waals surface area contributed by atoms with Gasteiger partial charge in [-0.25, -0.2) is 5.43 Å². The summed E-state index contributed by atoms with van der Waals surface area (Å²) in [7, 11) is 0. The Morgan fingerprint density at radius 3 is 2.43 bits per heavy atom. The molecule has 0 spiro atoms. The number of non-ortho nitro benzene ring substituents is 2. The van der Waals surface area contributed by atoms with Crippen LogP contribution in [0, 0.1) is 20.2 Å². The topological polar surface area (TPSA) is 137 Å². The number of nitrogens with one attached hydrogen (secondary N) is 1. The van der Waals surface area contributed by atoms with E-state index in [1.807, 2.05) is 0 Å². The zero-order valence-electron chi connectivity index (χ0n) is 17.7. The second-order valence-electron chi connectivity index (χ2n) is 7.18. The lowest BCUT2D eigenvalue weighted by Gasteiger charge is -2.09. The molecule has 4 rings (SSSR count). The third kappa shape index (κ3) is 5.86. The molecular weight excluding hydrogens is 540 g/mol. The first kappa shape index (κ1) is 24.0. The number of nitro groups is 2. The lowest BCUT2D eigenvalue weighted by molar-refractivity contribution is -0.385. The highest BCUT2D eigenvalue weighted by molar-refractivity contribution is 9.10. The number of benzene rings is 3. The highest BCUT2D eigenvalue weighted by Crippen LogP contribution is 2.29. The number of amides is 1. The number of carbonyl (C=O) groups is 1. The minimum atomic E-state index is -0.486. The van der Waals surface area contributed by atoms with E-state index in [0.717, 1.165) is 14.7 Å². The van der Waals surface area contributed by atoms with E-state index in [2.05, 4.69) is 26.5 Å². The summed E-state index contributed by atoms with van der Waals surface area (Å²) in [6.07, 6.45) is 1.44. The summed E-state index contributed by atoms with van der Waals surface area (Å²) in [6.45, 7) is 0.181. The molecule has 12 heteroatoms. The number of ether oxygens (including phenoxy) is 1. The highest BCUT2D eigenvalue weighted by atomic mass is 79.9. The van der Waals surface area contributed by atoms with Crippen LogP contribution in [0.15, 0.2) is 76.3 Å². The zero-order chi connectivity index (χ0) is 24.9. The zero-order valence-corrected chi connectivity index (χ0v) is 20.1. The average molecular weight is 555 g/mol. The van der Waals surface area contributed by atoms with Gasteiger partial charge in [0.1, 0.15) is 12.4 Å². The van der Waals surface area contributed by atoms with Gasteiger partial charge >= 0.3 is 0 Å². The molecule has 0 radical (unpaired) electrons. The van der Waals surface area contributed by atoms with Crippen LogP contribution in [0.4, 0.5) is 11.4 Å². The summed E-state index contributed by atoms with van der Waals surface area (Å²) >= 11 is 4.60. The predicted octanol–water partition coefficient (Wildman–Crippen LogP) is 5.82. The number of hydrogen-bond donors (Lipinski definition) is 1. The first-order valence-corrected chi connectivity index (χ1v) is 11.6. The summed E-state index contributed by atoms with van der Waals surface area (Å²) in [4.78, 5) is 33.7. The molecule has 1 heterocycles. The van der Waals surface area contributed by atoms with Crippen molar-refractivity contribution in [3.63, 3.8) is 0 Å². The van der Waals surface area contributed by atoms with E-state index in [4.69, 9.17) is 4.74 Å². The fraction of sp³-hybridized carbons (Fsp3) is 0.0435. The van der Waals surface area contributed by atoms with Crippen molar-refractivity contribution >= 4 is 60.8 Å². The number of hydrogen-bond acceptors (Lipinski definition) is 8. The lowest BCUT2D eigenvalue weighted by atomic mass is 10.2. The first-order chi connectivity index (χ1) is 16.8. The first-order valence-electron chi connectivity index (χ1n) is 9.97. The largest absolute Gasteiger partial charge is 0.488 e. The van der Waals surface area contributed by atoms with Crippen LogP contribution < -0.4 is 10.2 Å². The Morgan fingerprint density at radius 2 is 1.71 bits per heavy atom. The SMILES string of the molecule is O=C(N/N=C\c1cc(Br)ccc1OCc1ccc([N+](=O)[O-])cc1)c1cc2cc([N+](=O)[O-])ccc2s1. The van der Waals surface area contributed by atoms with Gasteiger partial charge in [0.15, 0.2) is 0 Å². The minimum Gasteiger partial charge on any atom is -0.488 e. The van der Waals surface area contributed by atoms with Crippen LogP contribution in [0.3, 0.4) is 0 Å².